The molecule has 33 heavy (non-hydrogen) atoms. The summed E-state index contributed by atoms with van der Waals surface area (Å²) in [6, 6.07) is 18.5. The number of alkyl halides is 3. The maximum Gasteiger partial charge on any atom is 0.416 e. The zero-order valence-electron chi connectivity index (χ0n) is 18.1. The van der Waals surface area contributed by atoms with Gasteiger partial charge in [0.15, 0.2) is 0 Å². The summed E-state index contributed by atoms with van der Waals surface area (Å²) in [7, 11) is 1.92. The number of hydrogen-bond acceptors (Lipinski definition) is 2. The normalized spacial score (nSPS) is 12.6. The molecule has 0 aliphatic heterocycles. The molecule has 0 bridgehead atoms. The van der Waals surface area contributed by atoms with Gasteiger partial charge in [-0.1, -0.05) is 36.4 Å². The fourth-order valence-electron chi connectivity index (χ4n) is 4.10. The Bertz CT molecular complexity index is 1230. The predicted molar refractivity (Wildman–Crippen MR) is 122 cm³/mol. The third-order valence-corrected chi connectivity index (χ3v) is 5.76. The molecule has 1 amide bonds. The third-order valence-electron chi connectivity index (χ3n) is 5.76. The van der Waals surface area contributed by atoms with E-state index in [4.69, 9.17) is 0 Å². The topological polar surface area (TPSA) is 46.9 Å². The quantitative estimate of drug-likeness (QED) is 0.405. The van der Waals surface area contributed by atoms with E-state index in [0.717, 1.165) is 34.3 Å². The number of amides is 1. The molecule has 170 valence electrons. The van der Waals surface area contributed by atoms with Crippen LogP contribution in [0.25, 0.3) is 10.9 Å². The summed E-state index contributed by atoms with van der Waals surface area (Å²) in [6.45, 7) is 0.436. The van der Waals surface area contributed by atoms with Crippen molar-refractivity contribution in [1.82, 2.24) is 14.9 Å². The number of carbonyl (C=O) groups is 1. The van der Waals surface area contributed by atoms with E-state index in [-0.39, 0.29) is 18.2 Å². The van der Waals surface area contributed by atoms with E-state index in [9.17, 15) is 18.0 Å². The van der Waals surface area contributed by atoms with Crippen LogP contribution >= 0.6 is 0 Å². The van der Waals surface area contributed by atoms with E-state index in [1.54, 1.807) is 6.20 Å². The monoisotopic (exact) mass is 451 g/mol. The highest BCUT2D eigenvalue weighted by Gasteiger charge is 2.31. The fourth-order valence-corrected chi connectivity index (χ4v) is 4.10. The molecule has 2 heterocycles. The first-order chi connectivity index (χ1) is 15.8. The lowest BCUT2D eigenvalue weighted by Gasteiger charge is -2.18. The molecule has 0 unspecified atom stereocenters. The summed E-state index contributed by atoms with van der Waals surface area (Å²) in [5.74, 6) is -0.544. The molecule has 0 saturated heterocycles. The molecule has 4 nitrogen and oxygen atoms in total. The van der Waals surface area contributed by atoms with Gasteiger partial charge in [0.1, 0.15) is 0 Å². The molecular formula is C26H24F3N3O. The standard InChI is InChI=1S/C26H24F3N3O/c1-32-17-23(21-7-2-3-8-24(21)32)22(18-9-11-19(12-10-18)26(27,28)29)16-25(33)31-15-13-20-6-4-5-14-30-20/h2-12,14,17,22H,13,15-16H2,1H3,(H,31,33)/t22-/m0/s1. The largest absolute Gasteiger partial charge is 0.416 e. The molecule has 7 heteroatoms. The third kappa shape index (κ3) is 5.25. The van der Waals surface area contributed by atoms with Crippen LogP contribution in [0, 0.1) is 0 Å². The van der Waals surface area contributed by atoms with E-state index >= 15 is 0 Å². The maximum absolute atomic E-state index is 13.1. The minimum absolute atomic E-state index is 0.127. The summed E-state index contributed by atoms with van der Waals surface area (Å²) in [5, 5.41) is 3.90. The molecule has 0 saturated carbocycles. The lowest BCUT2D eigenvalue weighted by molar-refractivity contribution is -0.137. The van der Waals surface area contributed by atoms with Crippen LogP contribution in [0.15, 0.2) is 79.1 Å². The highest BCUT2D eigenvalue weighted by molar-refractivity contribution is 5.86. The molecule has 0 spiro atoms. The second-order valence-corrected chi connectivity index (χ2v) is 8.01. The number of nitrogens with zero attached hydrogens (tertiary/aromatic N) is 2. The van der Waals surface area contributed by atoms with Gasteiger partial charge in [-0.2, -0.15) is 13.2 Å². The summed E-state index contributed by atoms with van der Waals surface area (Å²) >= 11 is 0. The molecule has 0 aliphatic rings. The molecule has 2 aromatic carbocycles. The van der Waals surface area contributed by atoms with E-state index in [0.29, 0.717) is 18.5 Å². The maximum atomic E-state index is 13.1. The Balaban J connectivity index is 1.59. The van der Waals surface area contributed by atoms with Crippen LogP contribution in [-0.4, -0.2) is 22.0 Å². The van der Waals surface area contributed by atoms with Crippen molar-refractivity contribution < 1.29 is 18.0 Å². The van der Waals surface area contributed by atoms with Gasteiger partial charge in [0.2, 0.25) is 5.91 Å². The zero-order valence-corrected chi connectivity index (χ0v) is 18.1. The summed E-state index contributed by atoms with van der Waals surface area (Å²) in [5.41, 5.74) is 2.75. The first-order valence-corrected chi connectivity index (χ1v) is 10.7. The second kappa shape index (κ2) is 9.48. The Morgan fingerprint density at radius 3 is 2.45 bits per heavy atom. The van der Waals surface area contributed by atoms with Crippen LogP contribution in [0.1, 0.15) is 34.7 Å². The van der Waals surface area contributed by atoms with Crippen LogP contribution in [0.5, 0.6) is 0 Å². The van der Waals surface area contributed by atoms with Gasteiger partial charge in [0, 0.05) is 61.3 Å². The van der Waals surface area contributed by atoms with E-state index in [2.05, 4.69) is 10.3 Å². The SMILES string of the molecule is Cn1cc([C@@H](CC(=O)NCCc2ccccn2)c2ccc(C(F)(F)F)cc2)c2ccccc21. The minimum Gasteiger partial charge on any atom is -0.356 e. The van der Waals surface area contributed by atoms with Crippen LogP contribution in [0.2, 0.25) is 0 Å². The number of aryl methyl sites for hydroxylation is 1. The molecule has 4 aromatic rings. The first-order valence-electron chi connectivity index (χ1n) is 10.7. The lowest BCUT2D eigenvalue weighted by atomic mass is 9.87. The van der Waals surface area contributed by atoms with Gasteiger partial charge in [-0.05, 0) is 41.5 Å². The van der Waals surface area contributed by atoms with Gasteiger partial charge >= 0.3 is 6.18 Å². The average molecular weight is 451 g/mol. The van der Waals surface area contributed by atoms with Crippen LogP contribution in [0.4, 0.5) is 13.2 Å². The number of halogens is 3. The van der Waals surface area contributed by atoms with Crippen molar-refractivity contribution in [2.75, 3.05) is 6.54 Å². The van der Waals surface area contributed by atoms with Gasteiger partial charge in [0.25, 0.3) is 0 Å². The van der Waals surface area contributed by atoms with Crippen molar-refractivity contribution in [3.05, 3.63) is 102 Å². The molecule has 1 N–H and O–H groups in total. The first kappa shape index (κ1) is 22.6. The summed E-state index contributed by atoms with van der Waals surface area (Å²) in [6.07, 6.45) is -0.0177. The number of nitrogens with one attached hydrogen (secondary N) is 1. The number of para-hydroxylation sites is 1. The number of pyridine rings is 1. The molecule has 0 fully saturated rings. The summed E-state index contributed by atoms with van der Waals surface area (Å²) in [4.78, 5) is 17.1. The molecule has 0 aliphatic carbocycles. The fraction of sp³-hybridized carbons (Fsp3) is 0.231. The zero-order chi connectivity index (χ0) is 23.4. The lowest BCUT2D eigenvalue weighted by Crippen LogP contribution is -2.27. The van der Waals surface area contributed by atoms with Crippen molar-refractivity contribution in [1.29, 1.82) is 0 Å². The highest BCUT2D eigenvalue weighted by atomic mass is 19.4. The number of carbonyl (C=O) groups excluding carboxylic acids is 1. The Kier molecular flexibility index (Phi) is 6.49. The Hall–Kier alpha value is -3.61. The number of hydrogen-bond donors (Lipinski definition) is 1. The van der Waals surface area contributed by atoms with E-state index < -0.39 is 11.7 Å². The van der Waals surface area contributed by atoms with Gasteiger partial charge in [-0.15, -0.1) is 0 Å². The van der Waals surface area contributed by atoms with Gasteiger partial charge in [0.05, 0.1) is 5.56 Å². The Morgan fingerprint density at radius 1 is 1.03 bits per heavy atom. The average Bonchev–Trinajstić information content (AvgIpc) is 3.14. The number of rotatable bonds is 7. The Morgan fingerprint density at radius 2 is 1.76 bits per heavy atom. The van der Waals surface area contributed by atoms with Crippen LogP contribution < -0.4 is 5.32 Å². The molecule has 1 atom stereocenters. The van der Waals surface area contributed by atoms with Crippen molar-refractivity contribution in [2.24, 2.45) is 7.05 Å². The van der Waals surface area contributed by atoms with Crippen molar-refractivity contribution >= 4 is 16.8 Å². The van der Waals surface area contributed by atoms with E-state index in [1.165, 1.54) is 12.1 Å². The van der Waals surface area contributed by atoms with Crippen molar-refractivity contribution in [3.63, 3.8) is 0 Å². The minimum atomic E-state index is -4.41. The molecule has 4 rings (SSSR count). The Labute approximate surface area is 190 Å². The number of aromatic nitrogens is 2. The molecular weight excluding hydrogens is 427 g/mol. The van der Waals surface area contributed by atoms with Crippen molar-refractivity contribution in [3.8, 4) is 0 Å². The second-order valence-electron chi connectivity index (χ2n) is 8.01. The van der Waals surface area contributed by atoms with Crippen LogP contribution in [-0.2, 0) is 24.4 Å². The number of fused-ring (bicyclic) bond motifs is 1. The van der Waals surface area contributed by atoms with Gasteiger partial charge in [-0.3, -0.25) is 9.78 Å². The van der Waals surface area contributed by atoms with Crippen LogP contribution in [0.3, 0.4) is 0 Å². The molecule has 2 aromatic heterocycles. The highest BCUT2D eigenvalue weighted by Crippen LogP contribution is 2.36. The number of benzene rings is 2. The van der Waals surface area contributed by atoms with Crippen molar-refractivity contribution in [2.45, 2.75) is 24.9 Å². The molecule has 0 radical (unpaired) electrons. The van der Waals surface area contributed by atoms with Gasteiger partial charge in [-0.25, -0.2) is 0 Å². The van der Waals surface area contributed by atoms with Gasteiger partial charge < -0.3 is 9.88 Å². The summed E-state index contributed by atoms with van der Waals surface area (Å²) < 4.78 is 41.2. The smallest absolute Gasteiger partial charge is 0.356 e. The predicted octanol–water partition coefficient (Wildman–Crippen LogP) is 5.47. The van der Waals surface area contributed by atoms with E-state index in [1.807, 2.05) is 60.3 Å².